The van der Waals surface area contributed by atoms with Gasteiger partial charge >= 0.3 is 0 Å². The summed E-state index contributed by atoms with van der Waals surface area (Å²) in [7, 11) is 0. The summed E-state index contributed by atoms with van der Waals surface area (Å²) in [5.74, 6) is 0.151. The maximum Gasteiger partial charge on any atom is 0.176 e. The number of carbonyl (C=O) groups is 1. The molecule has 0 aliphatic rings. The Kier molecular flexibility index (Phi) is 5.70. The fourth-order valence-corrected chi connectivity index (χ4v) is 2.34. The van der Waals surface area contributed by atoms with Crippen molar-refractivity contribution >= 4 is 5.78 Å². The van der Waals surface area contributed by atoms with Crippen molar-refractivity contribution < 1.29 is 4.79 Å². The van der Waals surface area contributed by atoms with Gasteiger partial charge in [-0.1, -0.05) is 61.5 Å². The minimum absolute atomic E-state index is 0.151. The molecular formula is C19H23NO. The average molecular weight is 281 g/mol. The maximum atomic E-state index is 12.1. The van der Waals surface area contributed by atoms with E-state index < -0.39 is 0 Å². The molecule has 0 saturated carbocycles. The maximum absolute atomic E-state index is 12.1. The second-order valence-corrected chi connectivity index (χ2v) is 5.45. The standard InChI is InChI=1S/C19H23NO/c1-3-16-9-11-18(12-10-16)19(21)14-20-15(2)13-17-7-5-4-6-8-17/h4-12,15,20H,3,13-14H2,1-2H3. The van der Waals surface area contributed by atoms with Crippen molar-refractivity contribution in [2.24, 2.45) is 0 Å². The summed E-state index contributed by atoms with van der Waals surface area (Å²) in [5, 5.41) is 3.31. The summed E-state index contributed by atoms with van der Waals surface area (Å²) in [6, 6.07) is 18.5. The molecule has 1 unspecified atom stereocenters. The lowest BCUT2D eigenvalue weighted by molar-refractivity contribution is 0.0988. The van der Waals surface area contributed by atoms with Crippen LogP contribution >= 0.6 is 0 Å². The van der Waals surface area contributed by atoms with Crippen LogP contribution in [0.5, 0.6) is 0 Å². The number of hydrogen-bond donors (Lipinski definition) is 1. The Bertz CT molecular complexity index is 560. The zero-order valence-corrected chi connectivity index (χ0v) is 12.8. The number of aryl methyl sites for hydroxylation is 1. The fourth-order valence-electron chi connectivity index (χ4n) is 2.34. The van der Waals surface area contributed by atoms with Gasteiger partial charge in [-0.05, 0) is 30.9 Å². The molecule has 110 valence electrons. The van der Waals surface area contributed by atoms with Crippen molar-refractivity contribution in [1.82, 2.24) is 5.32 Å². The largest absolute Gasteiger partial charge is 0.307 e. The van der Waals surface area contributed by atoms with E-state index in [2.05, 4.69) is 31.3 Å². The van der Waals surface area contributed by atoms with Gasteiger partial charge in [-0.3, -0.25) is 4.79 Å². The number of carbonyl (C=O) groups excluding carboxylic acids is 1. The second kappa shape index (κ2) is 7.75. The van der Waals surface area contributed by atoms with Gasteiger partial charge in [0.25, 0.3) is 0 Å². The van der Waals surface area contributed by atoms with E-state index in [9.17, 15) is 4.79 Å². The average Bonchev–Trinajstić information content (AvgIpc) is 2.53. The fraction of sp³-hybridized carbons (Fsp3) is 0.316. The molecule has 0 amide bonds. The molecule has 2 rings (SSSR count). The SMILES string of the molecule is CCc1ccc(C(=O)CNC(C)Cc2ccccc2)cc1. The summed E-state index contributed by atoms with van der Waals surface area (Å²) in [6.07, 6.45) is 1.93. The number of nitrogens with one attached hydrogen (secondary N) is 1. The molecule has 2 aromatic carbocycles. The minimum atomic E-state index is 0.151. The molecular weight excluding hydrogens is 258 g/mol. The second-order valence-electron chi connectivity index (χ2n) is 5.45. The van der Waals surface area contributed by atoms with E-state index in [-0.39, 0.29) is 11.8 Å². The van der Waals surface area contributed by atoms with E-state index in [1.54, 1.807) is 0 Å². The first kappa shape index (κ1) is 15.5. The molecule has 0 bridgehead atoms. The van der Waals surface area contributed by atoms with Crippen LogP contribution < -0.4 is 5.32 Å². The van der Waals surface area contributed by atoms with E-state index in [1.807, 2.05) is 42.5 Å². The molecule has 2 aromatic rings. The molecule has 2 heteroatoms. The summed E-state index contributed by atoms with van der Waals surface area (Å²) < 4.78 is 0. The van der Waals surface area contributed by atoms with Crippen LogP contribution in [0.1, 0.15) is 35.3 Å². The molecule has 0 heterocycles. The highest BCUT2D eigenvalue weighted by molar-refractivity contribution is 5.97. The summed E-state index contributed by atoms with van der Waals surface area (Å²) in [6.45, 7) is 4.61. The highest BCUT2D eigenvalue weighted by Gasteiger charge is 2.08. The summed E-state index contributed by atoms with van der Waals surface area (Å²) in [5.41, 5.74) is 3.33. The molecule has 0 fully saturated rings. The first-order valence-corrected chi connectivity index (χ1v) is 7.58. The van der Waals surface area contributed by atoms with E-state index in [0.717, 1.165) is 18.4 Å². The van der Waals surface area contributed by atoms with Crippen LogP contribution in [0.2, 0.25) is 0 Å². The lowest BCUT2D eigenvalue weighted by atomic mass is 10.1. The molecule has 2 nitrogen and oxygen atoms in total. The Hall–Kier alpha value is -1.93. The first-order valence-electron chi connectivity index (χ1n) is 7.58. The van der Waals surface area contributed by atoms with Crippen LogP contribution in [0.4, 0.5) is 0 Å². The van der Waals surface area contributed by atoms with E-state index >= 15 is 0 Å². The highest BCUT2D eigenvalue weighted by Crippen LogP contribution is 2.06. The van der Waals surface area contributed by atoms with Gasteiger partial charge in [0.05, 0.1) is 6.54 Å². The van der Waals surface area contributed by atoms with Crippen molar-refractivity contribution in [3.05, 3.63) is 71.3 Å². The molecule has 0 aromatic heterocycles. The monoisotopic (exact) mass is 281 g/mol. The quantitative estimate of drug-likeness (QED) is 0.785. The lowest BCUT2D eigenvalue weighted by Crippen LogP contribution is -2.33. The number of ketones is 1. The molecule has 0 aliphatic heterocycles. The van der Waals surface area contributed by atoms with Crippen molar-refractivity contribution in [3.8, 4) is 0 Å². The number of rotatable bonds is 7. The summed E-state index contributed by atoms with van der Waals surface area (Å²) in [4.78, 5) is 12.1. The molecule has 1 N–H and O–H groups in total. The van der Waals surface area contributed by atoms with E-state index in [1.165, 1.54) is 11.1 Å². The van der Waals surface area contributed by atoms with Gasteiger partial charge in [0.15, 0.2) is 5.78 Å². The predicted molar refractivity (Wildman–Crippen MR) is 87.8 cm³/mol. The van der Waals surface area contributed by atoms with Gasteiger partial charge in [0.1, 0.15) is 0 Å². The topological polar surface area (TPSA) is 29.1 Å². The smallest absolute Gasteiger partial charge is 0.176 e. The Morgan fingerprint density at radius 3 is 2.29 bits per heavy atom. The Labute approximate surface area is 127 Å². The van der Waals surface area contributed by atoms with Gasteiger partial charge in [0, 0.05) is 11.6 Å². The Morgan fingerprint density at radius 2 is 1.67 bits per heavy atom. The van der Waals surface area contributed by atoms with Crippen LogP contribution in [0.25, 0.3) is 0 Å². The minimum Gasteiger partial charge on any atom is -0.307 e. The van der Waals surface area contributed by atoms with E-state index in [4.69, 9.17) is 0 Å². The van der Waals surface area contributed by atoms with E-state index in [0.29, 0.717) is 6.54 Å². The molecule has 1 atom stereocenters. The van der Waals surface area contributed by atoms with Crippen LogP contribution in [0, 0.1) is 0 Å². The molecule has 0 radical (unpaired) electrons. The van der Waals surface area contributed by atoms with Crippen molar-refractivity contribution in [2.45, 2.75) is 32.7 Å². The third-order valence-corrected chi connectivity index (χ3v) is 3.68. The van der Waals surface area contributed by atoms with Gasteiger partial charge in [-0.2, -0.15) is 0 Å². The normalized spacial score (nSPS) is 12.1. The highest BCUT2D eigenvalue weighted by atomic mass is 16.1. The third-order valence-electron chi connectivity index (χ3n) is 3.68. The number of Topliss-reactive ketones (excluding diaryl/α,β-unsaturated/α-hetero) is 1. The Balaban J connectivity index is 1.82. The lowest BCUT2D eigenvalue weighted by Gasteiger charge is -2.13. The van der Waals surface area contributed by atoms with Gasteiger partial charge in [-0.25, -0.2) is 0 Å². The first-order chi connectivity index (χ1) is 10.2. The molecule has 21 heavy (non-hydrogen) atoms. The zero-order valence-electron chi connectivity index (χ0n) is 12.8. The zero-order chi connectivity index (χ0) is 15.1. The number of hydrogen-bond acceptors (Lipinski definition) is 2. The van der Waals surface area contributed by atoms with Gasteiger partial charge in [-0.15, -0.1) is 0 Å². The van der Waals surface area contributed by atoms with Crippen molar-refractivity contribution in [3.63, 3.8) is 0 Å². The molecule has 0 spiro atoms. The van der Waals surface area contributed by atoms with Crippen molar-refractivity contribution in [1.29, 1.82) is 0 Å². The van der Waals surface area contributed by atoms with Crippen LogP contribution in [0.15, 0.2) is 54.6 Å². The van der Waals surface area contributed by atoms with Gasteiger partial charge < -0.3 is 5.32 Å². The van der Waals surface area contributed by atoms with Crippen molar-refractivity contribution in [2.75, 3.05) is 6.54 Å². The van der Waals surface area contributed by atoms with Crippen LogP contribution in [-0.4, -0.2) is 18.4 Å². The summed E-state index contributed by atoms with van der Waals surface area (Å²) >= 11 is 0. The number of benzene rings is 2. The third kappa shape index (κ3) is 4.83. The van der Waals surface area contributed by atoms with Gasteiger partial charge in [0.2, 0.25) is 0 Å². The Morgan fingerprint density at radius 1 is 1.00 bits per heavy atom. The molecule has 0 aliphatic carbocycles. The van der Waals surface area contributed by atoms with Crippen LogP contribution in [0.3, 0.4) is 0 Å². The van der Waals surface area contributed by atoms with Crippen LogP contribution in [-0.2, 0) is 12.8 Å². The predicted octanol–water partition coefficient (Wildman–Crippen LogP) is 3.65. The molecule has 0 saturated heterocycles.